The van der Waals surface area contributed by atoms with E-state index in [1.54, 1.807) is 0 Å². The van der Waals surface area contributed by atoms with Crippen molar-refractivity contribution in [1.82, 2.24) is 0 Å². The summed E-state index contributed by atoms with van der Waals surface area (Å²) in [5, 5.41) is 9.69. The Kier molecular flexibility index (Phi) is 7.75. The highest BCUT2D eigenvalue weighted by Crippen LogP contribution is 2.44. The van der Waals surface area contributed by atoms with Gasteiger partial charge in [0, 0.05) is 53.4 Å². The van der Waals surface area contributed by atoms with E-state index in [0.29, 0.717) is 0 Å². The van der Waals surface area contributed by atoms with Gasteiger partial charge in [-0.25, -0.2) is 0 Å². The van der Waals surface area contributed by atoms with Gasteiger partial charge in [-0.2, -0.15) is 0 Å². The monoisotopic (exact) mass is 769 g/mol. The summed E-state index contributed by atoms with van der Waals surface area (Å²) in [6, 6.07) is 76.9. The van der Waals surface area contributed by atoms with E-state index in [1.165, 1.54) is 58.6 Å². The topological polar surface area (TPSA) is 16.4 Å². The predicted molar refractivity (Wildman–Crippen MR) is 253 cm³/mol. The van der Waals surface area contributed by atoms with Gasteiger partial charge >= 0.3 is 0 Å². The Morgan fingerprint density at radius 1 is 0.356 bits per heavy atom. The van der Waals surface area contributed by atoms with Crippen LogP contribution in [0.2, 0.25) is 0 Å². The fraction of sp³-hybridized carbons (Fsp3) is 0. The van der Waals surface area contributed by atoms with Crippen molar-refractivity contribution in [2.24, 2.45) is 0 Å². The lowest BCUT2D eigenvalue weighted by Crippen LogP contribution is -2.10. The predicted octanol–water partition coefficient (Wildman–Crippen LogP) is 16.7. The molecule has 0 bridgehead atoms. The van der Waals surface area contributed by atoms with E-state index in [2.05, 4.69) is 217 Å². The summed E-state index contributed by atoms with van der Waals surface area (Å²) in [5.41, 5.74) is 12.2. The average Bonchev–Trinajstić information content (AvgIpc) is 3.89. The zero-order chi connectivity index (χ0) is 38.9. The quantitative estimate of drug-likeness (QED) is 0.167. The summed E-state index contributed by atoms with van der Waals surface area (Å²) in [6.45, 7) is 0. The number of furan rings is 1. The Hall–Kier alpha value is -7.46. The number of fused-ring (bicyclic) bond motifs is 9. The molecule has 3 heteroatoms. The van der Waals surface area contributed by atoms with Crippen molar-refractivity contribution in [3.63, 3.8) is 0 Å². The van der Waals surface area contributed by atoms with Gasteiger partial charge in [0.15, 0.2) is 0 Å². The minimum absolute atomic E-state index is 0.893. The number of benzene rings is 10. The number of anilines is 3. The SMILES string of the molecule is c1cc(-c2cccc3oc4c5ccccc5ccc4c23)cc(N(c2ccc(-c3ccc4ccccc4c3)cc2)c2ccc(-c3cccc4c3sc3ccccc34)cc2)c1. The van der Waals surface area contributed by atoms with Crippen LogP contribution in [-0.4, -0.2) is 0 Å². The minimum Gasteiger partial charge on any atom is -0.455 e. The van der Waals surface area contributed by atoms with E-state index in [1.807, 2.05) is 11.3 Å². The number of thiophene rings is 1. The van der Waals surface area contributed by atoms with Crippen molar-refractivity contribution in [2.45, 2.75) is 0 Å². The Morgan fingerprint density at radius 3 is 1.85 bits per heavy atom. The molecule has 12 rings (SSSR count). The van der Waals surface area contributed by atoms with Gasteiger partial charge in [0.05, 0.1) is 0 Å². The first-order valence-corrected chi connectivity index (χ1v) is 20.9. The van der Waals surface area contributed by atoms with E-state index in [-0.39, 0.29) is 0 Å². The van der Waals surface area contributed by atoms with Crippen LogP contribution in [0, 0.1) is 0 Å². The molecule has 0 saturated heterocycles. The lowest BCUT2D eigenvalue weighted by molar-refractivity contribution is 0.673. The van der Waals surface area contributed by atoms with Gasteiger partial charge in [0.2, 0.25) is 0 Å². The molecule has 0 spiro atoms. The maximum atomic E-state index is 6.60. The highest BCUT2D eigenvalue weighted by atomic mass is 32.1. The van der Waals surface area contributed by atoms with Crippen LogP contribution in [0.25, 0.3) is 97.0 Å². The molecule has 0 N–H and O–H groups in total. The molecule has 0 unspecified atom stereocenters. The smallest absolute Gasteiger partial charge is 0.143 e. The number of hydrogen-bond donors (Lipinski definition) is 0. The third-order valence-electron chi connectivity index (χ3n) is 11.9. The van der Waals surface area contributed by atoms with Gasteiger partial charge in [-0.1, -0.05) is 152 Å². The van der Waals surface area contributed by atoms with Gasteiger partial charge in [0.1, 0.15) is 11.2 Å². The fourth-order valence-electron chi connectivity index (χ4n) is 8.99. The molecule has 2 heterocycles. The minimum atomic E-state index is 0.893. The molecule has 59 heavy (non-hydrogen) atoms. The summed E-state index contributed by atoms with van der Waals surface area (Å²) >= 11 is 1.87. The molecule has 2 nitrogen and oxygen atoms in total. The second-order valence-corrected chi connectivity index (χ2v) is 16.3. The maximum Gasteiger partial charge on any atom is 0.143 e. The second-order valence-electron chi connectivity index (χ2n) is 15.3. The standard InChI is InChI=1S/C56H35NOS/c1-2-12-40-34-41(23-22-36(40)10-1)37-24-29-43(30-25-37)57(44-31-26-39(27-32-44)48-18-8-19-50-49-16-5-6-21-53(49)59-56(48)50)45-14-7-13-42(35-45)46-17-9-20-52-54(46)51-33-28-38-11-3-4-15-47(38)55(51)58-52/h1-35H. The first-order chi connectivity index (χ1) is 29.2. The van der Waals surface area contributed by atoms with Crippen molar-refractivity contribution < 1.29 is 4.42 Å². The first kappa shape index (κ1) is 33.7. The highest BCUT2D eigenvalue weighted by molar-refractivity contribution is 7.26. The van der Waals surface area contributed by atoms with Crippen molar-refractivity contribution >= 4 is 92.1 Å². The fourth-order valence-corrected chi connectivity index (χ4v) is 10.2. The molecule has 0 aliphatic heterocycles. The van der Waals surface area contributed by atoms with Gasteiger partial charge < -0.3 is 9.32 Å². The summed E-state index contributed by atoms with van der Waals surface area (Å²) in [6.07, 6.45) is 0. The molecule has 0 fully saturated rings. The van der Waals surface area contributed by atoms with Gasteiger partial charge in [-0.3, -0.25) is 0 Å². The van der Waals surface area contributed by atoms with E-state index in [4.69, 9.17) is 4.42 Å². The molecule has 0 aliphatic carbocycles. The van der Waals surface area contributed by atoms with Crippen LogP contribution in [0.3, 0.4) is 0 Å². The number of rotatable bonds is 6. The van der Waals surface area contributed by atoms with Gasteiger partial charge in [0.25, 0.3) is 0 Å². The third-order valence-corrected chi connectivity index (χ3v) is 13.1. The zero-order valence-electron chi connectivity index (χ0n) is 32.0. The van der Waals surface area contributed by atoms with Crippen molar-refractivity contribution in [1.29, 1.82) is 0 Å². The van der Waals surface area contributed by atoms with E-state index >= 15 is 0 Å². The average molecular weight is 770 g/mol. The second kappa shape index (κ2) is 13.6. The molecular formula is C56H35NOS. The van der Waals surface area contributed by atoms with Crippen LogP contribution < -0.4 is 4.90 Å². The Balaban J connectivity index is 0.988. The van der Waals surface area contributed by atoms with Crippen molar-refractivity contribution in [3.05, 3.63) is 212 Å². The van der Waals surface area contributed by atoms with Crippen molar-refractivity contribution in [2.75, 3.05) is 4.90 Å². The summed E-state index contributed by atoms with van der Waals surface area (Å²) in [7, 11) is 0. The Bertz CT molecular complexity index is 3560. The van der Waals surface area contributed by atoms with Crippen LogP contribution in [0.5, 0.6) is 0 Å². The first-order valence-electron chi connectivity index (χ1n) is 20.1. The van der Waals surface area contributed by atoms with Crippen LogP contribution in [0.1, 0.15) is 0 Å². The molecule has 0 atom stereocenters. The zero-order valence-corrected chi connectivity index (χ0v) is 32.8. The highest BCUT2D eigenvalue weighted by Gasteiger charge is 2.18. The Labute approximate surface area is 345 Å². The summed E-state index contributed by atoms with van der Waals surface area (Å²) in [5.74, 6) is 0. The Morgan fingerprint density at radius 2 is 1.00 bits per heavy atom. The molecule has 10 aromatic carbocycles. The molecular weight excluding hydrogens is 735 g/mol. The summed E-state index contributed by atoms with van der Waals surface area (Å²) < 4.78 is 9.24. The van der Waals surface area contributed by atoms with Crippen LogP contribution in [0.15, 0.2) is 217 Å². The molecule has 2 aromatic heterocycles. The van der Waals surface area contributed by atoms with E-state index in [0.717, 1.165) is 55.5 Å². The molecule has 0 radical (unpaired) electrons. The lowest BCUT2D eigenvalue weighted by Gasteiger charge is -2.26. The molecule has 12 aromatic rings. The van der Waals surface area contributed by atoms with Crippen LogP contribution >= 0.6 is 11.3 Å². The maximum absolute atomic E-state index is 6.60. The number of nitrogens with zero attached hydrogens (tertiary/aromatic N) is 1. The van der Waals surface area contributed by atoms with Gasteiger partial charge in [-0.05, 0) is 110 Å². The van der Waals surface area contributed by atoms with Crippen LogP contribution in [-0.2, 0) is 0 Å². The van der Waals surface area contributed by atoms with Gasteiger partial charge in [-0.15, -0.1) is 11.3 Å². The van der Waals surface area contributed by atoms with Crippen LogP contribution in [0.4, 0.5) is 17.1 Å². The van der Waals surface area contributed by atoms with Crippen molar-refractivity contribution in [3.8, 4) is 33.4 Å². The normalized spacial score (nSPS) is 11.7. The van der Waals surface area contributed by atoms with E-state index < -0.39 is 0 Å². The molecule has 276 valence electrons. The summed E-state index contributed by atoms with van der Waals surface area (Å²) in [4.78, 5) is 2.37. The number of hydrogen-bond acceptors (Lipinski definition) is 3. The molecule has 0 aliphatic rings. The molecule has 0 saturated carbocycles. The molecule has 0 amide bonds. The lowest BCUT2D eigenvalue weighted by atomic mass is 9.97. The van der Waals surface area contributed by atoms with E-state index in [9.17, 15) is 0 Å². The third kappa shape index (κ3) is 5.62. The largest absolute Gasteiger partial charge is 0.455 e.